The second kappa shape index (κ2) is 10.7. The monoisotopic (exact) mass is 404 g/mol. The van der Waals surface area contributed by atoms with Crippen LogP contribution in [-0.4, -0.2) is 51.4 Å². The Bertz CT molecular complexity index is 830. The largest absolute Gasteiger partial charge is 0.493 e. The zero-order chi connectivity index (χ0) is 21.2. The predicted octanol–water partition coefficient (Wildman–Crippen LogP) is 1.78. The molecule has 0 saturated carbocycles. The zero-order valence-electron chi connectivity index (χ0n) is 16.6. The lowest BCUT2D eigenvalue weighted by Crippen LogP contribution is -2.45. The van der Waals surface area contributed by atoms with Gasteiger partial charge in [-0.3, -0.25) is 0 Å². The molecule has 0 aromatic heterocycles. The van der Waals surface area contributed by atoms with E-state index in [2.05, 4.69) is 10.6 Å². The Kier molecular flexibility index (Phi) is 8.08. The summed E-state index contributed by atoms with van der Waals surface area (Å²) in [7, 11) is 1.50. The molecule has 1 aliphatic rings. The normalized spacial score (nSPS) is 13.6. The Hall–Kier alpha value is -3.49. The van der Waals surface area contributed by atoms with Gasteiger partial charge >= 0.3 is 18.0 Å². The van der Waals surface area contributed by atoms with Crippen molar-refractivity contribution in [2.24, 2.45) is 0 Å². The fourth-order valence-electron chi connectivity index (χ4n) is 2.50. The fraction of sp³-hybridized carbons (Fsp3) is 0.350. The number of rotatable bonds is 9. The number of ether oxygens (including phenoxy) is 4. The van der Waals surface area contributed by atoms with Crippen LogP contribution in [0.2, 0.25) is 0 Å². The number of urea groups is 1. The number of hydrogen-bond donors (Lipinski definition) is 2. The molecule has 1 heterocycles. The van der Waals surface area contributed by atoms with Crippen molar-refractivity contribution in [1.82, 2.24) is 10.6 Å². The van der Waals surface area contributed by atoms with E-state index in [1.54, 1.807) is 19.1 Å². The van der Waals surface area contributed by atoms with Gasteiger partial charge in [-0.05, 0) is 31.5 Å². The molecule has 9 nitrogen and oxygen atoms in total. The SMILES string of the molecule is C/C=C/c1ccc(OCC(=O)OCC2=C(C(=O)OCC)CNC(=O)N2)c(OC)c1. The van der Waals surface area contributed by atoms with E-state index in [1.165, 1.54) is 7.11 Å². The Morgan fingerprint density at radius 3 is 2.69 bits per heavy atom. The number of amides is 2. The van der Waals surface area contributed by atoms with Gasteiger partial charge in [0.2, 0.25) is 0 Å². The average Bonchev–Trinajstić information content (AvgIpc) is 2.71. The van der Waals surface area contributed by atoms with E-state index in [0.717, 1.165) is 5.56 Å². The van der Waals surface area contributed by atoms with Gasteiger partial charge in [-0.15, -0.1) is 0 Å². The first-order chi connectivity index (χ1) is 14.0. The quantitative estimate of drug-likeness (QED) is 0.603. The van der Waals surface area contributed by atoms with Crippen LogP contribution in [0.5, 0.6) is 11.5 Å². The van der Waals surface area contributed by atoms with Crippen LogP contribution in [0.3, 0.4) is 0 Å². The van der Waals surface area contributed by atoms with E-state index in [-0.39, 0.29) is 37.6 Å². The van der Waals surface area contributed by atoms with Gasteiger partial charge in [-0.1, -0.05) is 18.2 Å². The predicted molar refractivity (Wildman–Crippen MR) is 104 cm³/mol. The van der Waals surface area contributed by atoms with Gasteiger partial charge in [0.1, 0.15) is 6.61 Å². The number of hydrogen-bond acceptors (Lipinski definition) is 7. The number of benzene rings is 1. The number of carbonyl (C=O) groups is 3. The third-order valence-electron chi connectivity index (χ3n) is 3.85. The van der Waals surface area contributed by atoms with Crippen LogP contribution in [0.25, 0.3) is 6.08 Å². The van der Waals surface area contributed by atoms with Crippen molar-refractivity contribution < 1.29 is 33.3 Å². The van der Waals surface area contributed by atoms with Crippen molar-refractivity contribution in [1.29, 1.82) is 0 Å². The molecule has 2 amide bonds. The summed E-state index contributed by atoms with van der Waals surface area (Å²) >= 11 is 0. The molecule has 1 aromatic rings. The van der Waals surface area contributed by atoms with E-state index >= 15 is 0 Å². The highest BCUT2D eigenvalue weighted by Gasteiger charge is 2.24. The fourth-order valence-corrected chi connectivity index (χ4v) is 2.50. The molecule has 9 heteroatoms. The number of allylic oxidation sites excluding steroid dienone is 1. The summed E-state index contributed by atoms with van der Waals surface area (Å²) in [4.78, 5) is 35.5. The summed E-state index contributed by atoms with van der Waals surface area (Å²) in [6.07, 6.45) is 3.80. The van der Waals surface area contributed by atoms with Crippen molar-refractivity contribution in [3.05, 3.63) is 41.1 Å². The molecular weight excluding hydrogens is 380 g/mol. The zero-order valence-corrected chi connectivity index (χ0v) is 16.6. The summed E-state index contributed by atoms with van der Waals surface area (Å²) in [5, 5.41) is 4.92. The molecule has 0 spiro atoms. The topological polar surface area (TPSA) is 112 Å². The molecule has 2 rings (SSSR count). The third-order valence-corrected chi connectivity index (χ3v) is 3.85. The van der Waals surface area contributed by atoms with Crippen molar-refractivity contribution in [2.75, 3.05) is 33.5 Å². The highest BCUT2D eigenvalue weighted by atomic mass is 16.6. The molecule has 29 heavy (non-hydrogen) atoms. The van der Waals surface area contributed by atoms with Crippen LogP contribution < -0.4 is 20.1 Å². The van der Waals surface area contributed by atoms with E-state index < -0.39 is 18.0 Å². The summed E-state index contributed by atoms with van der Waals surface area (Å²) in [6.45, 7) is 3.09. The van der Waals surface area contributed by atoms with Gasteiger partial charge in [0.15, 0.2) is 18.1 Å². The molecular formula is C20H24N2O7. The van der Waals surface area contributed by atoms with E-state index in [0.29, 0.717) is 11.5 Å². The second-order valence-corrected chi connectivity index (χ2v) is 5.84. The number of esters is 2. The minimum absolute atomic E-state index is 0.0101. The van der Waals surface area contributed by atoms with Crippen molar-refractivity contribution >= 4 is 24.0 Å². The van der Waals surface area contributed by atoms with Gasteiger partial charge in [0.05, 0.1) is 31.5 Å². The Morgan fingerprint density at radius 2 is 2.00 bits per heavy atom. The molecule has 0 bridgehead atoms. The first-order valence-corrected chi connectivity index (χ1v) is 9.01. The van der Waals surface area contributed by atoms with Gasteiger partial charge in [-0.25, -0.2) is 14.4 Å². The van der Waals surface area contributed by atoms with Crippen LogP contribution >= 0.6 is 0 Å². The minimum atomic E-state index is -0.673. The molecule has 0 unspecified atom stereocenters. The average molecular weight is 404 g/mol. The van der Waals surface area contributed by atoms with Crippen molar-refractivity contribution in [3.63, 3.8) is 0 Å². The van der Waals surface area contributed by atoms with Crippen LogP contribution in [-0.2, 0) is 19.1 Å². The Balaban J connectivity index is 1.96. The Labute approximate surface area is 168 Å². The maximum atomic E-state index is 12.0. The van der Waals surface area contributed by atoms with Gasteiger partial charge in [-0.2, -0.15) is 0 Å². The lowest BCUT2D eigenvalue weighted by atomic mass is 10.2. The first kappa shape index (κ1) is 21.8. The van der Waals surface area contributed by atoms with Crippen LogP contribution in [0.1, 0.15) is 19.4 Å². The van der Waals surface area contributed by atoms with E-state index in [1.807, 2.05) is 25.1 Å². The number of carbonyl (C=O) groups excluding carboxylic acids is 3. The molecule has 2 N–H and O–H groups in total. The summed E-state index contributed by atoms with van der Waals surface area (Å²) in [6, 6.07) is 4.80. The minimum Gasteiger partial charge on any atom is -0.493 e. The smallest absolute Gasteiger partial charge is 0.344 e. The van der Waals surface area contributed by atoms with Gasteiger partial charge in [0, 0.05) is 0 Å². The Morgan fingerprint density at radius 1 is 1.21 bits per heavy atom. The molecule has 0 radical (unpaired) electrons. The third kappa shape index (κ3) is 6.27. The lowest BCUT2D eigenvalue weighted by Gasteiger charge is -2.21. The van der Waals surface area contributed by atoms with Crippen LogP contribution in [0.15, 0.2) is 35.5 Å². The molecule has 0 aliphatic carbocycles. The van der Waals surface area contributed by atoms with Gasteiger partial charge in [0.25, 0.3) is 0 Å². The first-order valence-electron chi connectivity index (χ1n) is 9.01. The maximum absolute atomic E-state index is 12.0. The molecule has 1 aromatic carbocycles. The van der Waals surface area contributed by atoms with Crippen LogP contribution in [0, 0.1) is 0 Å². The van der Waals surface area contributed by atoms with Crippen molar-refractivity contribution in [3.8, 4) is 11.5 Å². The lowest BCUT2D eigenvalue weighted by molar-refractivity contribution is -0.145. The summed E-state index contributed by atoms with van der Waals surface area (Å²) in [5.74, 6) is -0.396. The highest BCUT2D eigenvalue weighted by molar-refractivity contribution is 5.93. The van der Waals surface area contributed by atoms with Crippen LogP contribution in [0.4, 0.5) is 4.79 Å². The molecule has 0 atom stereocenters. The molecule has 1 aliphatic heterocycles. The number of methoxy groups -OCH3 is 1. The van der Waals surface area contributed by atoms with Crippen molar-refractivity contribution in [2.45, 2.75) is 13.8 Å². The standard InChI is InChI=1S/C20H24N2O7/c1-4-6-13-7-8-16(17(9-13)26-3)28-12-18(23)29-11-15-14(19(24)27-5-2)10-21-20(25)22-15/h4,6-9H,5,10-12H2,1-3H3,(H2,21,22,25)/b6-4+. The number of nitrogens with one attached hydrogen (secondary N) is 2. The molecule has 156 valence electrons. The van der Waals surface area contributed by atoms with E-state index in [4.69, 9.17) is 18.9 Å². The van der Waals surface area contributed by atoms with E-state index in [9.17, 15) is 14.4 Å². The molecule has 0 fully saturated rings. The highest BCUT2D eigenvalue weighted by Crippen LogP contribution is 2.28. The summed E-state index contributed by atoms with van der Waals surface area (Å²) in [5.41, 5.74) is 1.30. The second-order valence-electron chi connectivity index (χ2n) is 5.84. The van der Waals surface area contributed by atoms with Gasteiger partial charge < -0.3 is 29.6 Å². The maximum Gasteiger partial charge on any atom is 0.344 e. The summed E-state index contributed by atoms with van der Waals surface area (Å²) < 4.78 is 20.8. The molecule has 0 saturated heterocycles.